The number of carbonyl (C=O) groups is 1. The number of hydrogen-bond donors (Lipinski definition) is 0. The molecule has 2 aromatic rings. The highest BCUT2D eigenvalue weighted by Crippen LogP contribution is 2.39. The molecule has 0 bridgehead atoms. The van der Waals surface area contributed by atoms with E-state index in [0.717, 1.165) is 36.6 Å². The van der Waals surface area contributed by atoms with E-state index < -0.39 is 11.7 Å². The maximum atomic E-state index is 13.2. The lowest BCUT2D eigenvalue weighted by Crippen LogP contribution is -2.26. The first-order valence-electron chi connectivity index (χ1n) is 9.71. The van der Waals surface area contributed by atoms with Crippen molar-refractivity contribution in [1.29, 1.82) is 0 Å². The van der Waals surface area contributed by atoms with E-state index in [2.05, 4.69) is 0 Å². The van der Waals surface area contributed by atoms with Gasteiger partial charge in [0, 0.05) is 12.3 Å². The largest absolute Gasteiger partial charge is 0.497 e. The monoisotopic (exact) mass is 390 g/mol. The molecule has 0 aliphatic heterocycles. The summed E-state index contributed by atoms with van der Waals surface area (Å²) in [7, 11) is 1.60. The fourth-order valence-corrected chi connectivity index (χ4v) is 4.13. The quantitative estimate of drug-likeness (QED) is 0.588. The van der Waals surface area contributed by atoms with E-state index in [-0.39, 0.29) is 17.6 Å². The van der Waals surface area contributed by atoms with Crippen molar-refractivity contribution in [2.45, 2.75) is 50.6 Å². The second kappa shape index (κ2) is 8.80. The number of ether oxygens (including phenoxy) is 1. The number of aryl methyl sites for hydroxylation is 1. The lowest BCUT2D eigenvalue weighted by Gasteiger charge is -2.30. The topological polar surface area (TPSA) is 26.3 Å². The molecule has 0 amide bonds. The Kier molecular flexibility index (Phi) is 6.42. The van der Waals surface area contributed by atoms with Gasteiger partial charge in [-0.25, -0.2) is 0 Å². The van der Waals surface area contributed by atoms with Gasteiger partial charge in [-0.05, 0) is 60.9 Å². The van der Waals surface area contributed by atoms with Crippen molar-refractivity contribution < 1.29 is 22.7 Å². The van der Waals surface area contributed by atoms with Gasteiger partial charge in [0.05, 0.1) is 12.7 Å². The molecule has 0 radical (unpaired) electrons. The number of methoxy groups -OCH3 is 1. The van der Waals surface area contributed by atoms with Crippen LogP contribution in [0.1, 0.15) is 54.7 Å². The molecule has 0 N–H and O–H groups in total. The second-order valence-corrected chi connectivity index (χ2v) is 7.44. The van der Waals surface area contributed by atoms with Crippen molar-refractivity contribution in [2.75, 3.05) is 7.11 Å². The Morgan fingerprint density at radius 3 is 2.61 bits per heavy atom. The van der Waals surface area contributed by atoms with Crippen LogP contribution < -0.4 is 4.74 Å². The Bertz CT molecular complexity index is 813. The molecular weight excluding hydrogens is 365 g/mol. The van der Waals surface area contributed by atoms with E-state index in [1.54, 1.807) is 13.2 Å². The molecule has 0 aromatic heterocycles. The van der Waals surface area contributed by atoms with Gasteiger partial charge in [0.1, 0.15) is 11.5 Å². The summed E-state index contributed by atoms with van der Waals surface area (Å²) in [6.07, 6.45) is 0.0272. The number of ketones is 1. The molecule has 5 heteroatoms. The molecular formula is C23H25F3O2. The summed E-state index contributed by atoms with van der Waals surface area (Å²) in [6, 6.07) is 13.2. The average molecular weight is 390 g/mol. The molecule has 0 saturated heterocycles. The number of hydrogen-bond acceptors (Lipinski definition) is 2. The number of Topliss-reactive ketones (excluding diaryl/α,β-unsaturated/α-hetero) is 1. The minimum Gasteiger partial charge on any atom is -0.497 e. The summed E-state index contributed by atoms with van der Waals surface area (Å²) in [5.74, 6) is 0.519. The van der Waals surface area contributed by atoms with Gasteiger partial charge in [-0.3, -0.25) is 4.79 Å². The molecule has 1 aliphatic rings. The molecule has 1 aliphatic carbocycles. The predicted molar refractivity (Wildman–Crippen MR) is 102 cm³/mol. The van der Waals surface area contributed by atoms with Gasteiger partial charge in [-0.15, -0.1) is 0 Å². The summed E-state index contributed by atoms with van der Waals surface area (Å²) < 4.78 is 44.9. The first-order valence-corrected chi connectivity index (χ1v) is 9.71. The van der Waals surface area contributed by atoms with Crippen LogP contribution >= 0.6 is 0 Å². The third kappa shape index (κ3) is 4.94. The number of benzene rings is 2. The summed E-state index contributed by atoms with van der Waals surface area (Å²) in [6.45, 7) is 0. The van der Waals surface area contributed by atoms with Crippen LogP contribution in [-0.4, -0.2) is 12.9 Å². The zero-order valence-electron chi connectivity index (χ0n) is 16.0. The van der Waals surface area contributed by atoms with Gasteiger partial charge in [0.15, 0.2) is 0 Å². The highest BCUT2D eigenvalue weighted by atomic mass is 19.4. The van der Waals surface area contributed by atoms with Gasteiger partial charge in [0.25, 0.3) is 0 Å². The highest BCUT2D eigenvalue weighted by Gasteiger charge is 2.34. The Balaban J connectivity index is 1.88. The molecule has 2 atom stereocenters. The number of rotatable bonds is 6. The van der Waals surface area contributed by atoms with E-state index in [4.69, 9.17) is 4.74 Å². The minimum atomic E-state index is -4.38. The first-order chi connectivity index (χ1) is 13.4. The van der Waals surface area contributed by atoms with Gasteiger partial charge < -0.3 is 4.74 Å². The number of alkyl halides is 3. The van der Waals surface area contributed by atoms with Crippen LogP contribution in [0.4, 0.5) is 13.2 Å². The van der Waals surface area contributed by atoms with E-state index in [0.29, 0.717) is 24.8 Å². The zero-order chi connectivity index (χ0) is 20.1. The number of carbonyl (C=O) groups excluding carboxylic acids is 1. The normalized spacial score (nSPS) is 18.7. The van der Waals surface area contributed by atoms with E-state index in [1.165, 1.54) is 12.1 Å². The van der Waals surface area contributed by atoms with Crippen LogP contribution in [0.15, 0.2) is 48.5 Å². The molecule has 150 valence electrons. The van der Waals surface area contributed by atoms with Crippen LogP contribution in [0.5, 0.6) is 5.75 Å². The first kappa shape index (κ1) is 20.4. The van der Waals surface area contributed by atoms with Crippen molar-refractivity contribution >= 4 is 5.78 Å². The predicted octanol–water partition coefficient (Wildman–Crippen LogP) is 6.19. The number of halogens is 3. The van der Waals surface area contributed by atoms with Crippen LogP contribution in [-0.2, 0) is 17.4 Å². The van der Waals surface area contributed by atoms with Crippen LogP contribution in [0.3, 0.4) is 0 Å². The Hall–Kier alpha value is -2.30. The molecule has 1 saturated carbocycles. The van der Waals surface area contributed by atoms with Crippen LogP contribution in [0.2, 0.25) is 0 Å². The fourth-order valence-electron chi connectivity index (χ4n) is 4.13. The highest BCUT2D eigenvalue weighted by molar-refractivity contribution is 5.82. The molecule has 0 heterocycles. The van der Waals surface area contributed by atoms with Gasteiger partial charge in [-0.2, -0.15) is 13.2 Å². The Morgan fingerprint density at radius 2 is 1.89 bits per heavy atom. The summed E-state index contributed by atoms with van der Waals surface area (Å²) in [5, 5.41) is 0. The van der Waals surface area contributed by atoms with Gasteiger partial charge >= 0.3 is 6.18 Å². The van der Waals surface area contributed by atoms with Gasteiger partial charge in [-0.1, -0.05) is 36.8 Å². The van der Waals surface area contributed by atoms with Crippen molar-refractivity contribution in [3.63, 3.8) is 0 Å². The third-order valence-electron chi connectivity index (χ3n) is 5.61. The molecule has 28 heavy (non-hydrogen) atoms. The standard InChI is InChI=1S/C23H25F3O2/c1-28-19-9-4-6-16(14-19)12-13-20(21-10-2-3-11-22(21)27)17-7-5-8-18(15-17)23(24,25)26/h4-9,14-15,20-21H,2-3,10-13H2,1H3/t20-,21?/m1/s1. The molecule has 2 nitrogen and oxygen atoms in total. The van der Waals surface area contributed by atoms with E-state index >= 15 is 0 Å². The van der Waals surface area contributed by atoms with E-state index in [1.807, 2.05) is 24.3 Å². The van der Waals surface area contributed by atoms with Crippen LogP contribution in [0, 0.1) is 5.92 Å². The molecule has 1 unspecified atom stereocenters. The summed E-state index contributed by atoms with van der Waals surface area (Å²) in [4.78, 5) is 12.6. The summed E-state index contributed by atoms with van der Waals surface area (Å²) in [5.41, 5.74) is 1.01. The lowest BCUT2D eigenvalue weighted by molar-refractivity contribution is -0.137. The fraction of sp³-hybridized carbons (Fsp3) is 0.435. The SMILES string of the molecule is COc1cccc(CC[C@H](c2cccc(C(F)(F)F)c2)C2CCCCC2=O)c1. The lowest BCUT2D eigenvalue weighted by atomic mass is 9.73. The van der Waals surface area contributed by atoms with Crippen molar-refractivity contribution in [3.8, 4) is 5.75 Å². The van der Waals surface area contributed by atoms with Crippen molar-refractivity contribution in [3.05, 3.63) is 65.2 Å². The third-order valence-corrected chi connectivity index (χ3v) is 5.61. The Morgan fingerprint density at radius 1 is 1.11 bits per heavy atom. The molecule has 2 aromatic carbocycles. The minimum absolute atomic E-state index is 0.180. The van der Waals surface area contributed by atoms with Crippen LogP contribution in [0.25, 0.3) is 0 Å². The van der Waals surface area contributed by atoms with Crippen molar-refractivity contribution in [1.82, 2.24) is 0 Å². The summed E-state index contributed by atoms with van der Waals surface area (Å²) >= 11 is 0. The van der Waals surface area contributed by atoms with E-state index in [9.17, 15) is 18.0 Å². The Labute approximate surface area is 163 Å². The smallest absolute Gasteiger partial charge is 0.416 e. The maximum absolute atomic E-state index is 13.2. The molecule has 3 rings (SSSR count). The second-order valence-electron chi connectivity index (χ2n) is 7.44. The van der Waals surface area contributed by atoms with Crippen molar-refractivity contribution in [2.24, 2.45) is 5.92 Å². The van der Waals surface area contributed by atoms with Gasteiger partial charge in [0.2, 0.25) is 0 Å². The average Bonchev–Trinajstić information content (AvgIpc) is 2.69. The molecule has 1 fully saturated rings. The maximum Gasteiger partial charge on any atom is 0.416 e. The zero-order valence-corrected chi connectivity index (χ0v) is 16.0. The molecule has 0 spiro atoms.